The Morgan fingerprint density at radius 2 is 2.22 bits per heavy atom. The van der Waals surface area contributed by atoms with Gasteiger partial charge in [-0.3, -0.25) is 4.79 Å². The number of amides is 1. The van der Waals surface area contributed by atoms with Gasteiger partial charge in [0.1, 0.15) is 11.0 Å². The first-order valence-electron chi connectivity index (χ1n) is 5.58. The van der Waals surface area contributed by atoms with E-state index in [1.54, 1.807) is 7.11 Å². The lowest BCUT2D eigenvalue weighted by Gasteiger charge is -2.39. The molecule has 1 heterocycles. The topological polar surface area (TPSA) is 64.1 Å². The van der Waals surface area contributed by atoms with Gasteiger partial charge in [0.05, 0.1) is 12.0 Å². The van der Waals surface area contributed by atoms with E-state index in [0.717, 1.165) is 19.3 Å². The molecule has 0 aromatic carbocycles. The number of halogens is 2. The maximum atomic E-state index is 11.9. The van der Waals surface area contributed by atoms with Gasteiger partial charge in [-0.2, -0.15) is 0 Å². The molecule has 1 aliphatic rings. The molecular formula is C11H13Cl2N3O2. The highest BCUT2D eigenvalue weighted by atomic mass is 35.5. The Bertz CT molecular complexity index is 438. The molecule has 1 saturated carbocycles. The lowest BCUT2D eigenvalue weighted by atomic mass is 9.77. The quantitative estimate of drug-likeness (QED) is 0.684. The third-order valence-corrected chi connectivity index (χ3v) is 3.48. The van der Waals surface area contributed by atoms with Crippen molar-refractivity contribution in [3.8, 4) is 0 Å². The smallest absolute Gasteiger partial charge is 0.228 e. The number of carbonyl (C=O) groups excluding carboxylic acids is 1. The summed E-state index contributed by atoms with van der Waals surface area (Å²) in [6.45, 7) is 0. The number of rotatable bonds is 4. The second-order valence-corrected chi connectivity index (χ2v) is 5.04. The van der Waals surface area contributed by atoms with Gasteiger partial charge in [0.2, 0.25) is 11.2 Å². The zero-order valence-corrected chi connectivity index (χ0v) is 11.4. The number of anilines is 1. The highest BCUT2D eigenvalue weighted by molar-refractivity contribution is 6.32. The molecule has 7 heteroatoms. The summed E-state index contributed by atoms with van der Waals surface area (Å²) in [6.07, 6.45) is 3.21. The van der Waals surface area contributed by atoms with Gasteiger partial charge in [0, 0.05) is 13.2 Å². The number of nitrogens with one attached hydrogen (secondary N) is 1. The van der Waals surface area contributed by atoms with E-state index in [2.05, 4.69) is 15.3 Å². The largest absolute Gasteiger partial charge is 0.378 e. The van der Waals surface area contributed by atoms with Crippen molar-refractivity contribution in [1.82, 2.24) is 9.97 Å². The van der Waals surface area contributed by atoms with Crippen LogP contribution in [0.1, 0.15) is 25.7 Å². The minimum atomic E-state index is -0.315. The van der Waals surface area contributed by atoms with E-state index in [4.69, 9.17) is 27.9 Å². The number of hydrogen-bond acceptors (Lipinski definition) is 4. The van der Waals surface area contributed by atoms with Crippen LogP contribution in [-0.4, -0.2) is 28.6 Å². The molecular weight excluding hydrogens is 277 g/mol. The van der Waals surface area contributed by atoms with Crippen LogP contribution in [0.4, 0.5) is 5.82 Å². The standard InChI is InChI=1S/C11H13Cl2N3O2/c1-18-11(3-2-4-11)6-9(17)15-8-5-7(12)14-10(13)16-8/h5H,2-4,6H2,1H3,(H,14,15,16,17). The number of hydrogen-bond donors (Lipinski definition) is 1. The minimum Gasteiger partial charge on any atom is -0.378 e. The third kappa shape index (κ3) is 3.10. The average molecular weight is 290 g/mol. The Kier molecular flexibility index (Phi) is 4.04. The Labute approximate surface area is 115 Å². The Morgan fingerprint density at radius 1 is 1.50 bits per heavy atom. The summed E-state index contributed by atoms with van der Waals surface area (Å²) < 4.78 is 5.38. The molecule has 98 valence electrons. The van der Waals surface area contributed by atoms with Crippen molar-refractivity contribution in [1.29, 1.82) is 0 Å². The second kappa shape index (κ2) is 5.38. The summed E-state index contributed by atoms with van der Waals surface area (Å²) in [7, 11) is 1.63. The molecule has 1 N–H and O–H groups in total. The van der Waals surface area contributed by atoms with Crippen LogP contribution in [0, 0.1) is 0 Å². The first-order valence-corrected chi connectivity index (χ1v) is 6.34. The van der Waals surface area contributed by atoms with Crippen LogP contribution in [0.25, 0.3) is 0 Å². The lowest BCUT2D eigenvalue weighted by molar-refractivity contribution is -0.129. The van der Waals surface area contributed by atoms with Gasteiger partial charge in [-0.15, -0.1) is 0 Å². The van der Waals surface area contributed by atoms with Gasteiger partial charge in [0.15, 0.2) is 0 Å². The third-order valence-electron chi connectivity index (χ3n) is 3.12. The molecule has 18 heavy (non-hydrogen) atoms. The average Bonchev–Trinajstić information content (AvgIpc) is 2.21. The van der Waals surface area contributed by atoms with Gasteiger partial charge in [0.25, 0.3) is 0 Å². The van der Waals surface area contributed by atoms with Gasteiger partial charge >= 0.3 is 0 Å². The van der Waals surface area contributed by atoms with E-state index < -0.39 is 0 Å². The van der Waals surface area contributed by atoms with E-state index in [1.807, 2.05) is 0 Å². The molecule has 0 saturated heterocycles. The summed E-state index contributed by atoms with van der Waals surface area (Å²) >= 11 is 11.4. The molecule has 0 unspecified atom stereocenters. The van der Waals surface area contributed by atoms with E-state index in [1.165, 1.54) is 6.07 Å². The summed E-state index contributed by atoms with van der Waals surface area (Å²) in [5.74, 6) is 0.137. The molecule has 0 bridgehead atoms. The van der Waals surface area contributed by atoms with Crippen LogP contribution in [0.15, 0.2) is 6.07 Å². The number of nitrogens with zero attached hydrogens (tertiary/aromatic N) is 2. The van der Waals surface area contributed by atoms with Crippen LogP contribution in [-0.2, 0) is 9.53 Å². The van der Waals surface area contributed by atoms with Crippen molar-refractivity contribution < 1.29 is 9.53 Å². The SMILES string of the molecule is COC1(CC(=O)Nc2cc(Cl)nc(Cl)n2)CCC1. The molecule has 1 aliphatic carbocycles. The van der Waals surface area contributed by atoms with Crippen LogP contribution >= 0.6 is 23.2 Å². The fraction of sp³-hybridized carbons (Fsp3) is 0.545. The molecule has 1 aromatic heterocycles. The summed E-state index contributed by atoms with van der Waals surface area (Å²) in [5, 5.41) is 2.84. The number of aromatic nitrogens is 2. The summed E-state index contributed by atoms with van der Waals surface area (Å²) in [6, 6.07) is 1.45. The number of carbonyl (C=O) groups is 1. The highest BCUT2D eigenvalue weighted by Gasteiger charge is 2.39. The lowest BCUT2D eigenvalue weighted by Crippen LogP contribution is -2.42. The minimum absolute atomic E-state index is 0.00268. The molecule has 0 radical (unpaired) electrons. The maximum absolute atomic E-state index is 11.9. The summed E-state index contributed by atoms with van der Waals surface area (Å²) in [5.41, 5.74) is -0.315. The van der Waals surface area contributed by atoms with Gasteiger partial charge in [-0.05, 0) is 30.9 Å². The van der Waals surface area contributed by atoms with Crippen molar-refractivity contribution in [2.75, 3.05) is 12.4 Å². The molecule has 1 fully saturated rings. The van der Waals surface area contributed by atoms with Crippen molar-refractivity contribution in [2.45, 2.75) is 31.3 Å². The Balaban J connectivity index is 1.98. The van der Waals surface area contributed by atoms with E-state index >= 15 is 0 Å². The predicted molar refractivity (Wildman–Crippen MR) is 68.9 cm³/mol. The zero-order chi connectivity index (χ0) is 13.2. The molecule has 0 spiro atoms. The van der Waals surface area contributed by atoms with E-state index in [9.17, 15) is 4.79 Å². The Morgan fingerprint density at radius 3 is 2.72 bits per heavy atom. The van der Waals surface area contributed by atoms with Crippen molar-refractivity contribution >= 4 is 34.9 Å². The van der Waals surface area contributed by atoms with Crippen molar-refractivity contribution in [3.05, 3.63) is 16.5 Å². The summed E-state index contributed by atoms with van der Waals surface area (Å²) in [4.78, 5) is 19.4. The van der Waals surface area contributed by atoms with Crippen molar-refractivity contribution in [3.63, 3.8) is 0 Å². The fourth-order valence-corrected chi connectivity index (χ4v) is 2.37. The predicted octanol–water partition coefficient (Wildman–Crippen LogP) is 2.68. The molecule has 0 aliphatic heterocycles. The zero-order valence-electron chi connectivity index (χ0n) is 9.87. The van der Waals surface area contributed by atoms with Crippen LogP contribution in [0.3, 0.4) is 0 Å². The van der Waals surface area contributed by atoms with Gasteiger partial charge in [-0.25, -0.2) is 9.97 Å². The molecule has 1 amide bonds. The van der Waals surface area contributed by atoms with Crippen LogP contribution in [0.2, 0.25) is 10.4 Å². The van der Waals surface area contributed by atoms with Gasteiger partial charge < -0.3 is 10.1 Å². The molecule has 2 rings (SSSR count). The maximum Gasteiger partial charge on any atom is 0.228 e. The normalized spacial score (nSPS) is 17.1. The number of ether oxygens (including phenoxy) is 1. The second-order valence-electron chi connectivity index (χ2n) is 4.31. The van der Waals surface area contributed by atoms with E-state index in [-0.39, 0.29) is 21.9 Å². The number of methoxy groups -OCH3 is 1. The highest BCUT2D eigenvalue weighted by Crippen LogP contribution is 2.38. The van der Waals surface area contributed by atoms with Gasteiger partial charge in [-0.1, -0.05) is 11.6 Å². The monoisotopic (exact) mass is 289 g/mol. The van der Waals surface area contributed by atoms with Crippen molar-refractivity contribution in [2.24, 2.45) is 0 Å². The van der Waals surface area contributed by atoms with E-state index in [0.29, 0.717) is 12.2 Å². The Hall–Kier alpha value is -0.910. The van der Waals surface area contributed by atoms with Crippen LogP contribution < -0.4 is 5.32 Å². The molecule has 5 nitrogen and oxygen atoms in total. The molecule has 1 aromatic rings. The fourth-order valence-electron chi connectivity index (χ4n) is 1.96. The van der Waals surface area contributed by atoms with Crippen LogP contribution in [0.5, 0.6) is 0 Å². The first-order chi connectivity index (χ1) is 8.53. The molecule has 0 atom stereocenters. The first kappa shape index (κ1) is 13.5.